The summed E-state index contributed by atoms with van der Waals surface area (Å²) in [7, 11) is 0. The Kier molecular flexibility index (Phi) is 1.75. The minimum atomic E-state index is -0.326. The van der Waals surface area contributed by atoms with Gasteiger partial charge in [0.05, 0.1) is 0 Å². The first kappa shape index (κ1) is 6.17. The fraction of sp³-hybridized carbons (Fsp3) is 0.667. The molecule has 0 aromatic carbocycles. The van der Waals surface area contributed by atoms with Gasteiger partial charge in [-0.2, -0.15) is 0 Å². The zero-order valence-electron chi connectivity index (χ0n) is 4.96. The normalized spacial score (nSPS) is 16.4. The van der Waals surface area contributed by atoms with E-state index in [1.165, 1.54) is 6.08 Å². The first-order chi connectivity index (χ1) is 4.33. The van der Waals surface area contributed by atoms with E-state index in [1.54, 1.807) is 0 Å². The molecule has 0 atom stereocenters. The van der Waals surface area contributed by atoms with Crippen LogP contribution in [0.4, 0.5) is 0 Å². The number of carbonyl (C=O) groups excluding carboxylic acids is 2. The van der Waals surface area contributed by atoms with E-state index in [0.717, 1.165) is 12.8 Å². The maximum atomic E-state index is 10.5. The van der Waals surface area contributed by atoms with E-state index in [4.69, 9.17) is 0 Å². The molecule has 48 valence electrons. The minimum absolute atomic E-state index is 0.326. The lowest BCUT2D eigenvalue weighted by Gasteiger charge is -1.83. The van der Waals surface area contributed by atoms with Gasteiger partial charge in [-0.15, -0.1) is 4.99 Å². The lowest BCUT2D eigenvalue weighted by Crippen LogP contribution is -1.92. The van der Waals surface area contributed by atoms with E-state index < -0.39 is 0 Å². The maximum absolute atomic E-state index is 10.5. The van der Waals surface area contributed by atoms with Crippen LogP contribution in [0.25, 0.3) is 0 Å². The minimum Gasteiger partial charge on any atom is -0.272 e. The predicted molar refractivity (Wildman–Crippen MR) is 30.5 cm³/mol. The van der Waals surface area contributed by atoms with Crippen molar-refractivity contribution in [3.05, 3.63) is 0 Å². The van der Waals surface area contributed by atoms with E-state index in [1.807, 2.05) is 0 Å². The van der Waals surface area contributed by atoms with E-state index in [0.29, 0.717) is 12.3 Å². The molecule has 1 aliphatic rings. The molecule has 0 aromatic heterocycles. The third-order valence-corrected chi connectivity index (χ3v) is 1.33. The number of hydrogen-bond donors (Lipinski definition) is 0. The van der Waals surface area contributed by atoms with Crippen molar-refractivity contribution in [1.29, 1.82) is 0 Å². The summed E-state index contributed by atoms with van der Waals surface area (Å²) in [6.07, 6.45) is 3.89. The lowest BCUT2D eigenvalue weighted by atomic mass is 10.3. The number of carbonyl (C=O) groups is 1. The average Bonchev–Trinajstić information content (AvgIpc) is 2.50. The SMILES string of the molecule is O=C=NC(=O)CC1CC1. The summed E-state index contributed by atoms with van der Waals surface area (Å²) in [5.41, 5.74) is 0. The highest BCUT2D eigenvalue weighted by molar-refractivity contribution is 5.81. The average molecular weight is 125 g/mol. The Morgan fingerprint density at radius 2 is 2.33 bits per heavy atom. The highest BCUT2D eigenvalue weighted by Gasteiger charge is 2.23. The fourth-order valence-electron chi connectivity index (χ4n) is 0.665. The molecule has 0 heterocycles. The molecule has 1 amide bonds. The van der Waals surface area contributed by atoms with Gasteiger partial charge in [0, 0.05) is 6.42 Å². The Morgan fingerprint density at radius 1 is 1.67 bits per heavy atom. The van der Waals surface area contributed by atoms with Gasteiger partial charge in [-0.3, -0.25) is 4.79 Å². The second-order valence-electron chi connectivity index (χ2n) is 2.24. The first-order valence-corrected chi connectivity index (χ1v) is 2.93. The molecule has 0 unspecified atom stereocenters. The molecule has 0 bridgehead atoms. The van der Waals surface area contributed by atoms with Gasteiger partial charge in [-0.05, 0) is 18.8 Å². The van der Waals surface area contributed by atoms with Gasteiger partial charge in [-0.25, -0.2) is 4.79 Å². The Morgan fingerprint density at radius 3 is 2.78 bits per heavy atom. The highest BCUT2D eigenvalue weighted by atomic mass is 16.2. The van der Waals surface area contributed by atoms with Crippen LogP contribution >= 0.6 is 0 Å². The molecule has 1 rings (SSSR count). The summed E-state index contributed by atoms with van der Waals surface area (Å²) in [5.74, 6) is 0.182. The molecule has 0 N–H and O–H groups in total. The van der Waals surface area contributed by atoms with E-state index in [9.17, 15) is 9.59 Å². The van der Waals surface area contributed by atoms with Crippen molar-refractivity contribution < 1.29 is 9.59 Å². The number of rotatable bonds is 2. The molecule has 3 heteroatoms. The van der Waals surface area contributed by atoms with Gasteiger partial charge in [-0.1, -0.05) is 0 Å². The molecule has 0 spiro atoms. The van der Waals surface area contributed by atoms with Crippen molar-refractivity contribution in [2.24, 2.45) is 10.9 Å². The molecular weight excluding hydrogens is 118 g/mol. The van der Waals surface area contributed by atoms with Gasteiger partial charge in [0.25, 0.3) is 5.91 Å². The van der Waals surface area contributed by atoms with Crippen LogP contribution in [0.3, 0.4) is 0 Å². The van der Waals surface area contributed by atoms with Gasteiger partial charge >= 0.3 is 0 Å². The lowest BCUT2D eigenvalue weighted by molar-refractivity contribution is -0.118. The molecule has 0 aliphatic heterocycles. The zero-order valence-corrected chi connectivity index (χ0v) is 4.96. The van der Waals surface area contributed by atoms with Crippen molar-refractivity contribution in [1.82, 2.24) is 0 Å². The number of isocyanates is 1. The summed E-state index contributed by atoms with van der Waals surface area (Å²) >= 11 is 0. The second kappa shape index (κ2) is 2.55. The summed E-state index contributed by atoms with van der Waals surface area (Å²) in [6.45, 7) is 0. The topological polar surface area (TPSA) is 46.5 Å². The van der Waals surface area contributed by atoms with Crippen LogP contribution in [0.2, 0.25) is 0 Å². The smallest absolute Gasteiger partial charge is 0.256 e. The second-order valence-corrected chi connectivity index (χ2v) is 2.24. The van der Waals surface area contributed by atoms with Crippen LogP contribution < -0.4 is 0 Å². The summed E-state index contributed by atoms with van der Waals surface area (Å²) < 4.78 is 0. The standard InChI is InChI=1S/C6H7NO2/c8-4-7-6(9)3-5-1-2-5/h5H,1-3H2. The fourth-order valence-corrected chi connectivity index (χ4v) is 0.665. The molecule has 9 heavy (non-hydrogen) atoms. The first-order valence-electron chi connectivity index (χ1n) is 2.93. The number of aliphatic imine (C=N–C) groups is 1. The summed E-state index contributed by atoms with van der Waals surface area (Å²) in [6, 6.07) is 0. The third-order valence-electron chi connectivity index (χ3n) is 1.33. The van der Waals surface area contributed by atoms with E-state index in [2.05, 4.69) is 4.99 Å². The summed E-state index contributed by atoms with van der Waals surface area (Å²) in [5, 5.41) is 0. The van der Waals surface area contributed by atoms with Crippen molar-refractivity contribution in [2.75, 3.05) is 0 Å². The van der Waals surface area contributed by atoms with Crippen molar-refractivity contribution in [3.63, 3.8) is 0 Å². The molecular formula is C6H7NO2. The largest absolute Gasteiger partial charge is 0.272 e. The predicted octanol–water partition coefficient (Wildman–Crippen LogP) is 0.649. The molecule has 3 nitrogen and oxygen atoms in total. The highest BCUT2D eigenvalue weighted by Crippen LogP contribution is 2.32. The quantitative estimate of drug-likeness (QED) is 0.401. The van der Waals surface area contributed by atoms with Crippen LogP contribution in [0.1, 0.15) is 19.3 Å². The summed E-state index contributed by atoms with van der Waals surface area (Å²) in [4.78, 5) is 22.9. The van der Waals surface area contributed by atoms with Crippen LogP contribution in [-0.4, -0.2) is 12.0 Å². The van der Waals surface area contributed by atoms with Crippen LogP contribution in [0.5, 0.6) is 0 Å². The van der Waals surface area contributed by atoms with Crippen LogP contribution in [0, 0.1) is 5.92 Å². The number of amides is 1. The number of hydrogen-bond acceptors (Lipinski definition) is 2. The molecule has 1 aliphatic carbocycles. The van der Waals surface area contributed by atoms with Gasteiger partial charge < -0.3 is 0 Å². The number of nitrogens with zero attached hydrogens (tertiary/aromatic N) is 1. The van der Waals surface area contributed by atoms with Gasteiger partial charge in [0.2, 0.25) is 6.08 Å². The van der Waals surface area contributed by atoms with Crippen molar-refractivity contribution >= 4 is 12.0 Å². The monoisotopic (exact) mass is 125 g/mol. The van der Waals surface area contributed by atoms with E-state index >= 15 is 0 Å². The Balaban J connectivity index is 2.24. The molecule has 0 aromatic rings. The van der Waals surface area contributed by atoms with Crippen molar-refractivity contribution in [2.45, 2.75) is 19.3 Å². The third kappa shape index (κ3) is 2.20. The van der Waals surface area contributed by atoms with Gasteiger partial charge in [0.15, 0.2) is 0 Å². The van der Waals surface area contributed by atoms with Crippen molar-refractivity contribution in [3.8, 4) is 0 Å². The molecule has 1 saturated carbocycles. The van der Waals surface area contributed by atoms with Gasteiger partial charge in [0.1, 0.15) is 0 Å². The Bertz CT molecular complexity index is 166. The van der Waals surface area contributed by atoms with E-state index in [-0.39, 0.29) is 5.91 Å². The Hall–Kier alpha value is -0.950. The maximum Gasteiger partial charge on any atom is 0.256 e. The molecule has 0 radical (unpaired) electrons. The molecule has 0 saturated heterocycles. The Labute approximate surface area is 52.8 Å². The molecule has 1 fully saturated rings. The van der Waals surface area contributed by atoms with Crippen LogP contribution in [0.15, 0.2) is 4.99 Å². The van der Waals surface area contributed by atoms with Crippen LogP contribution in [-0.2, 0) is 9.59 Å². The zero-order chi connectivity index (χ0) is 6.69.